The molecule has 6 heteroatoms. The van der Waals surface area contributed by atoms with Crippen LogP contribution in [-0.4, -0.2) is 18.4 Å². The van der Waals surface area contributed by atoms with Gasteiger partial charge in [0.05, 0.1) is 5.39 Å². The van der Waals surface area contributed by atoms with Gasteiger partial charge in [0.2, 0.25) is 5.91 Å². The first-order valence-corrected chi connectivity index (χ1v) is 8.86. The van der Waals surface area contributed by atoms with Crippen LogP contribution in [0.4, 0.5) is 11.4 Å². The largest absolute Gasteiger partial charge is 0.451 e. The molecule has 2 heterocycles. The van der Waals surface area contributed by atoms with Crippen molar-refractivity contribution in [2.75, 3.05) is 16.8 Å². The van der Waals surface area contributed by atoms with Gasteiger partial charge in [-0.05, 0) is 43.2 Å². The molecule has 1 fully saturated rings. The number of rotatable bonds is 3. The molecule has 0 radical (unpaired) electrons. The summed E-state index contributed by atoms with van der Waals surface area (Å²) in [6, 6.07) is 15.1. The highest BCUT2D eigenvalue weighted by Crippen LogP contribution is 2.24. The normalized spacial score (nSPS) is 14.4. The third-order valence-electron chi connectivity index (χ3n) is 4.60. The van der Waals surface area contributed by atoms with Crippen LogP contribution in [0.15, 0.2) is 63.8 Å². The van der Waals surface area contributed by atoms with E-state index in [0.717, 1.165) is 18.5 Å². The highest BCUT2D eigenvalue weighted by molar-refractivity contribution is 6.03. The van der Waals surface area contributed by atoms with E-state index in [9.17, 15) is 14.4 Å². The minimum atomic E-state index is -0.514. The summed E-state index contributed by atoms with van der Waals surface area (Å²) in [5.41, 5.74) is 1.38. The number of anilines is 2. The molecule has 1 aliphatic rings. The summed E-state index contributed by atoms with van der Waals surface area (Å²) in [5, 5.41) is 3.17. The maximum Gasteiger partial charge on any atom is 0.291 e. The molecule has 2 aromatic carbocycles. The lowest BCUT2D eigenvalue weighted by Crippen LogP contribution is -2.35. The van der Waals surface area contributed by atoms with Crippen molar-refractivity contribution in [1.82, 2.24) is 0 Å². The first-order chi connectivity index (χ1) is 13.1. The van der Waals surface area contributed by atoms with Crippen molar-refractivity contribution in [2.45, 2.75) is 19.3 Å². The fraction of sp³-hybridized carbons (Fsp3) is 0.190. The van der Waals surface area contributed by atoms with E-state index in [1.165, 1.54) is 6.07 Å². The molecule has 2 amide bonds. The molecule has 0 aliphatic carbocycles. The number of hydrogen-bond acceptors (Lipinski definition) is 4. The van der Waals surface area contributed by atoms with Crippen molar-refractivity contribution in [1.29, 1.82) is 0 Å². The van der Waals surface area contributed by atoms with Crippen LogP contribution in [-0.2, 0) is 4.79 Å². The third kappa shape index (κ3) is 3.46. The van der Waals surface area contributed by atoms with Gasteiger partial charge in [0.1, 0.15) is 5.58 Å². The Labute approximate surface area is 155 Å². The lowest BCUT2D eigenvalue weighted by Gasteiger charge is -2.27. The summed E-state index contributed by atoms with van der Waals surface area (Å²) >= 11 is 0. The minimum Gasteiger partial charge on any atom is -0.451 e. The maximum atomic E-state index is 12.5. The van der Waals surface area contributed by atoms with Gasteiger partial charge in [-0.3, -0.25) is 14.4 Å². The zero-order chi connectivity index (χ0) is 18.8. The average molecular weight is 362 g/mol. The Morgan fingerprint density at radius 1 is 1.00 bits per heavy atom. The van der Waals surface area contributed by atoms with Gasteiger partial charge in [0.25, 0.3) is 5.91 Å². The number of para-hydroxylation sites is 1. The highest BCUT2D eigenvalue weighted by atomic mass is 16.3. The zero-order valence-corrected chi connectivity index (χ0v) is 14.6. The molecule has 0 atom stereocenters. The Hall–Kier alpha value is -3.41. The number of fused-ring (bicyclic) bond motifs is 1. The van der Waals surface area contributed by atoms with Gasteiger partial charge in [0, 0.05) is 30.4 Å². The van der Waals surface area contributed by atoms with Crippen LogP contribution in [0.3, 0.4) is 0 Å². The van der Waals surface area contributed by atoms with Gasteiger partial charge < -0.3 is 14.6 Å². The maximum absolute atomic E-state index is 12.5. The van der Waals surface area contributed by atoms with Gasteiger partial charge in [-0.25, -0.2) is 0 Å². The van der Waals surface area contributed by atoms with Crippen LogP contribution >= 0.6 is 0 Å². The number of carbonyl (C=O) groups is 2. The van der Waals surface area contributed by atoms with Gasteiger partial charge in [-0.15, -0.1) is 0 Å². The van der Waals surface area contributed by atoms with Crippen molar-refractivity contribution >= 4 is 34.2 Å². The van der Waals surface area contributed by atoms with E-state index < -0.39 is 5.91 Å². The summed E-state index contributed by atoms with van der Waals surface area (Å²) < 4.78 is 5.56. The fourth-order valence-electron chi connectivity index (χ4n) is 3.24. The van der Waals surface area contributed by atoms with Crippen LogP contribution < -0.4 is 15.6 Å². The molecule has 0 unspecified atom stereocenters. The smallest absolute Gasteiger partial charge is 0.291 e. The lowest BCUT2D eigenvalue weighted by molar-refractivity contribution is -0.119. The predicted octanol–water partition coefficient (Wildman–Crippen LogP) is 3.56. The van der Waals surface area contributed by atoms with Gasteiger partial charge in [-0.1, -0.05) is 18.2 Å². The number of benzene rings is 2. The van der Waals surface area contributed by atoms with E-state index in [0.29, 0.717) is 29.6 Å². The number of piperidine rings is 1. The summed E-state index contributed by atoms with van der Waals surface area (Å²) in [6.07, 6.45) is 2.41. The number of amides is 2. The topological polar surface area (TPSA) is 79.6 Å². The molecule has 1 aliphatic heterocycles. The minimum absolute atomic E-state index is 0.0573. The van der Waals surface area contributed by atoms with Gasteiger partial charge in [0.15, 0.2) is 11.2 Å². The van der Waals surface area contributed by atoms with Crippen molar-refractivity contribution in [3.63, 3.8) is 0 Å². The number of nitrogens with zero attached hydrogens (tertiary/aromatic N) is 1. The molecule has 0 bridgehead atoms. The standard InChI is InChI=1S/C21H18N2O4/c24-17-13-19(27-18-9-2-1-8-16(17)18)21(26)22-14-6-5-7-15(12-14)23-11-4-3-10-20(23)25/h1-2,5-9,12-13H,3-4,10-11H2,(H,22,26). The fourth-order valence-corrected chi connectivity index (χ4v) is 3.24. The summed E-state index contributed by atoms with van der Waals surface area (Å²) in [7, 11) is 0. The van der Waals surface area contributed by atoms with Crippen LogP contribution in [0.1, 0.15) is 29.8 Å². The molecule has 3 aromatic rings. The van der Waals surface area contributed by atoms with Crippen LogP contribution in [0.2, 0.25) is 0 Å². The Morgan fingerprint density at radius 2 is 1.85 bits per heavy atom. The van der Waals surface area contributed by atoms with E-state index in [2.05, 4.69) is 5.32 Å². The molecule has 27 heavy (non-hydrogen) atoms. The molecular formula is C21H18N2O4. The molecule has 4 rings (SSSR count). The Bertz CT molecular complexity index is 1090. The molecular weight excluding hydrogens is 344 g/mol. The Balaban J connectivity index is 1.59. The van der Waals surface area contributed by atoms with E-state index in [1.807, 2.05) is 6.07 Å². The average Bonchev–Trinajstić information content (AvgIpc) is 2.68. The summed E-state index contributed by atoms with van der Waals surface area (Å²) in [4.78, 5) is 38.5. The number of hydrogen-bond donors (Lipinski definition) is 1. The Morgan fingerprint density at radius 3 is 2.70 bits per heavy atom. The van der Waals surface area contributed by atoms with E-state index in [-0.39, 0.29) is 17.1 Å². The number of carbonyl (C=O) groups excluding carboxylic acids is 2. The number of nitrogens with one attached hydrogen (secondary N) is 1. The highest BCUT2D eigenvalue weighted by Gasteiger charge is 2.20. The van der Waals surface area contributed by atoms with Crippen LogP contribution in [0.25, 0.3) is 11.0 Å². The second kappa shape index (κ2) is 7.07. The van der Waals surface area contributed by atoms with Gasteiger partial charge in [-0.2, -0.15) is 0 Å². The van der Waals surface area contributed by atoms with E-state index in [1.54, 1.807) is 47.4 Å². The molecule has 1 saturated heterocycles. The molecule has 6 nitrogen and oxygen atoms in total. The van der Waals surface area contributed by atoms with Crippen molar-refractivity contribution in [3.05, 3.63) is 70.6 Å². The summed E-state index contributed by atoms with van der Waals surface area (Å²) in [6.45, 7) is 0.676. The molecule has 136 valence electrons. The van der Waals surface area contributed by atoms with E-state index >= 15 is 0 Å². The monoisotopic (exact) mass is 362 g/mol. The van der Waals surface area contributed by atoms with E-state index in [4.69, 9.17) is 4.42 Å². The van der Waals surface area contributed by atoms with Crippen LogP contribution in [0, 0.1) is 0 Å². The second-order valence-electron chi connectivity index (χ2n) is 6.48. The predicted molar refractivity (Wildman–Crippen MR) is 103 cm³/mol. The second-order valence-corrected chi connectivity index (χ2v) is 6.48. The first kappa shape index (κ1) is 17.0. The molecule has 0 saturated carbocycles. The van der Waals surface area contributed by atoms with Crippen LogP contribution in [0.5, 0.6) is 0 Å². The molecule has 1 N–H and O–H groups in total. The third-order valence-corrected chi connectivity index (χ3v) is 4.60. The van der Waals surface area contributed by atoms with Gasteiger partial charge >= 0.3 is 0 Å². The molecule has 1 aromatic heterocycles. The van der Waals surface area contributed by atoms with Crippen molar-refractivity contribution in [3.8, 4) is 0 Å². The quantitative estimate of drug-likeness (QED) is 0.773. The SMILES string of the molecule is O=C(Nc1cccc(N2CCCCC2=O)c1)c1cc(=O)c2ccccc2o1. The first-order valence-electron chi connectivity index (χ1n) is 8.86. The van der Waals surface area contributed by atoms with Crippen molar-refractivity contribution < 1.29 is 14.0 Å². The zero-order valence-electron chi connectivity index (χ0n) is 14.6. The lowest BCUT2D eigenvalue weighted by atomic mass is 10.1. The van der Waals surface area contributed by atoms with Crippen molar-refractivity contribution in [2.24, 2.45) is 0 Å². The Kier molecular flexibility index (Phi) is 4.46. The molecule has 0 spiro atoms. The summed E-state index contributed by atoms with van der Waals surface area (Å²) in [5.74, 6) is -0.483.